The quantitative estimate of drug-likeness (QED) is 0.646. The molecule has 3 aromatic rings. The lowest BCUT2D eigenvalue weighted by atomic mass is 10.1. The van der Waals surface area contributed by atoms with Crippen molar-refractivity contribution in [3.63, 3.8) is 0 Å². The van der Waals surface area contributed by atoms with Crippen molar-refractivity contribution in [2.75, 3.05) is 6.54 Å². The molecule has 0 spiro atoms. The van der Waals surface area contributed by atoms with E-state index in [1.54, 1.807) is 6.07 Å². The fourth-order valence-electron chi connectivity index (χ4n) is 2.63. The molecule has 26 heavy (non-hydrogen) atoms. The van der Waals surface area contributed by atoms with E-state index < -0.39 is 35.3 Å². The maximum absolute atomic E-state index is 12.5. The highest BCUT2D eigenvalue weighted by atomic mass is 16.4. The van der Waals surface area contributed by atoms with Gasteiger partial charge in [0.2, 0.25) is 0 Å². The van der Waals surface area contributed by atoms with E-state index in [-0.39, 0.29) is 5.52 Å². The van der Waals surface area contributed by atoms with E-state index >= 15 is 0 Å². The zero-order valence-electron chi connectivity index (χ0n) is 13.8. The van der Waals surface area contributed by atoms with Gasteiger partial charge in [-0.1, -0.05) is 30.3 Å². The zero-order valence-corrected chi connectivity index (χ0v) is 13.8. The maximum Gasteiger partial charge on any atom is 0.322 e. The Kier molecular flexibility index (Phi) is 4.40. The molecule has 0 aliphatic heterocycles. The van der Waals surface area contributed by atoms with Crippen LogP contribution in [0.1, 0.15) is 10.4 Å². The summed E-state index contributed by atoms with van der Waals surface area (Å²) in [4.78, 5) is 39.4. The molecular weight excluding hydrogens is 338 g/mol. The van der Waals surface area contributed by atoms with Crippen LogP contribution in [0.3, 0.4) is 0 Å². The smallest absolute Gasteiger partial charge is 0.322 e. The predicted octanol–water partition coefficient (Wildman–Crippen LogP) is 1.12. The maximum atomic E-state index is 12.5. The molecule has 1 amide bonds. The second-order valence-electron chi connectivity index (χ2n) is 5.62. The van der Waals surface area contributed by atoms with Crippen LogP contribution in [-0.4, -0.2) is 38.2 Å². The monoisotopic (exact) mass is 353 g/mol. The van der Waals surface area contributed by atoms with Crippen molar-refractivity contribution in [1.82, 2.24) is 14.9 Å². The predicted molar refractivity (Wildman–Crippen MR) is 94.1 cm³/mol. The Balaban J connectivity index is 2.16. The number of hydrogen-bond acceptors (Lipinski definition) is 5. The Bertz CT molecular complexity index is 1070. The largest absolute Gasteiger partial charge is 0.505 e. The Morgan fingerprint density at radius 2 is 1.88 bits per heavy atom. The molecule has 132 valence electrons. The summed E-state index contributed by atoms with van der Waals surface area (Å²) in [6.45, 7) is -0.667. The topological polar surface area (TPSA) is 122 Å². The van der Waals surface area contributed by atoms with Gasteiger partial charge in [0.05, 0.1) is 5.52 Å². The number of fused-ring (bicyclic) bond motifs is 1. The lowest BCUT2D eigenvalue weighted by molar-refractivity contribution is -0.135. The third kappa shape index (κ3) is 3.00. The molecule has 0 aliphatic rings. The number of carbonyl (C=O) groups is 2. The SMILES string of the molecule is Cn1c(=O)c(C(=O)NCC(=O)O)c(O)c2ncc(-c3ccccc3)cc21. The van der Waals surface area contributed by atoms with Crippen LogP contribution in [0.4, 0.5) is 0 Å². The highest BCUT2D eigenvalue weighted by molar-refractivity contribution is 6.02. The van der Waals surface area contributed by atoms with E-state index in [1.807, 2.05) is 30.3 Å². The zero-order chi connectivity index (χ0) is 18.8. The number of carboxylic acid groups (broad SMARTS) is 1. The molecule has 0 unspecified atom stereocenters. The number of carbonyl (C=O) groups excluding carboxylic acids is 1. The van der Waals surface area contributed by atoms with Crippen molar-refractivity contribution in [2.24, 2.45) is 7.05 Å². The number of aromatic nitrogens is 2. The number of aromatic hydroxyl groups is 1. The lowest BCUT2D eigenvalue weighted by Gasteiger charge is -2.12. The number of amides is 1. The summed E-state index contributed by atoms with van der Waals surface area (Å²) in [5, 5.41) is 21.1. The van der Waals surface area contributed by atoms with Crippen LogP contribution in [-0.2, 0) is 11.8 Å². The first kappa shape index (κ1) is 17.2. The van der Waals surface area contributed by atoms with Gasteiger partial charge in [-0.3, -0.25) is 19.4 Å². The minimum absolute atomic E-state index is 0.0762. The van der Waals surface area contributed by atoms with Crippen LogP contribution in [0.5, 0.6) is 5.75 Å². The summed E-state index contributed by atoms with van der Waals surface area (Å²) in [6, 6.07) is 11.1. The van der Waals surface area contributed by atoms with Gasteiger partial charge < -0.3 is 20.1 Å². The van der Waals surface area contributed by atoms with Gasteiger partial charge >= 0.3 is 5.97 Å². The minimum atomic E-state index is -1.26. The van der Waals surface area contributed by atoms with E-state index in [2.05, 4.69) is 10.3 Å². The average Bonchev–Trinajstić information content (AvgIpc) is 2.65. The first-order chi connectivity index (χ1) is 12.4. The Morgan fingerprint density at radius 1 is 1.19 bits per heavy atom. The van der Waals surface area contributed by atoms with Crippen LogP contribution in [0.2, 0.25) is 0 Å². The first-order valence-corrected chi connectivity index (χ1v) is 7.67. The molecule has 0 bridgehead atoms. The molecular formula is C18H15N3O5. The third-order valence-corrected chi connectivity index (χ3v) is 3.94. The van der Waals surface area contributed by atoms with Gasteiger partial charge in [0.1, 0.15) is 17.6 Å². The van der Waals surface area contributed by atoms with Gasteiger partial charge in [0.15, 0.2) is 5.75 Å². The normalized spacial score (nSPS) is 10.7. The van der Waals surface area contributed by atoms with Gasteiger partial charge in [0.25, 0.3) is 11.5 Å². The Labute approximate surface area is 147 Å². The first-order valence-electron chi connectivity index (χ1n) is 7.67. The molecule has 0 radical (unpaired) electrons. The third-order valence-electron chi connectivity index (χ3n) is 3.94. The van der Waals surface area contributed by atoms with E-state index in [4.69, 9.17) is 5.11 Å². The van der Waals surface area contributed by atoms with Crippen molar-refractivity contribution in [1.29, 1.82) is 0 Å². The number of pyridine rings is 2. The summed E-state index contributed by atoms with van der Waals surface area (Å²) in [7, 11) is 1.45. The number of benzene rings is 1. The van der Waals surface area contributed by atoms with E-state index in [1.165, 1.54) is 17.8 Å². The summed E-state index contributed by atoms with van der Waals surface area (Å²) in [5.41, 5.74) is 0.773. The van der Waals surface area contributed by atoms with Crippen LogP contribution in [0.15, 0.2) is 47.4 Å². The summed E-state index contributed by atoms with van der Waals surface area (Å²) < 4.78 is 1.20. The van der Waals surface area contributed by atoms with Crippen LogP contribution in [0.25, 0.3) is 22.2 Å². The van der Waals surface area contributed by atoms with Crippen molar-refractivity contribution < 1.29 is 19.8 Å². The average molecular weight is 353 g/mol. The molecule has 1 aromatic carbocycles. The fourth-order valence-corrected chi connectivity index (χ4v) is 2.63. The minimum Gasteiger partial charge on any atom is -0.505 e. The van der Waals surface area contributed by atoms with E-state index in [0.717, 1.165) is 11.1 Å². The molecule has 3 rings (SSSR count). The number of aliphatic carboxylic acids is 1. The molecule has 0 atom stereocenters. The van der Waals surface area contributed by atoms with E-state index in [0.29, 0.717) is 5.52 Å². The molecule has 0 saturated heterocycles. The lowest BCUT2D eigenvalue weighted by Crippen LogP contribution is -2.35. The van der Waals surface area contributed by atoms with Gasteiger partial charge in [-0.05, 0) is 11.6 Å². The van der Waals surface area contributed by atoms with Crippen molar-refractivity contribution in [3.05, 3.63) is 58.5 Å². The fraction of sp³-hybridized carbons (Fsp3) is 0.111. The van der Waals surface area contributed by atoms with Crippen molar-refractivity contribution in [3.8, 4) is 16.9 Å². The van der Waals surface area contributed by atoms with Crippen LogP contribution in [0, 0.1) is 0 Å². The number of aryl methyl sites for hydroxylation is 1. The van der Waals surface area contributed by atoms with Crippen LogP contribution < -0.4 is 10.9 Å². The summed E-state index contributed by atoms with van der Waals surface area (Å²) in [6.07, 6.45) is 1.53. The van der Waals surface area contributed by atoms with Gasteiger partial charge in [-0.15, -0.1) is 0 Å². The van der Waals surface area contributed by atoms with Crippen LogP contribution >= 0.6 is 0 Å². The summed E-state index contributed by atoms with van der Waals surface area (Å²) >= 11 is 0. The summed E-state index contributed by atoms with van der Waals surface area (Å²) in [5.74, 6) is -2.81. The second kappa shape index (κ2) is 6.67. The highest BCUT2D eigenvalue weighted by Crippen LogP contribution is 2.28. The molecule has 8 heteroatoms. The number of nitrogens with zero attached hydrogens (tertiary/aromatic N) is 2. The molecule has 2 aromatic heterocycles. The number of carboxylic acids is 1. The second-order valence-corrected chi connectivity index (χ2v) is 5.62. The standard InChI is InChI=1S/C18H15N3O5/c1-21-12-7-11(10-5-3-2-4-6-10)8-19-15(12)16(24)14(18(21)26)17(25)20-9-13(22)23/h2-8,24H,9H2,1H3,(H,20,25)(H,22,23). The molecule has 8 nitrogen and oxygen atoms in total. The molecule has 0 saturated carbocycles. The number of hydrogen-bond donors (Lipinski definition) is 3. The molecule has 3 N–H and O–H groups in total. The van der Waals surface area contributed by atoms with Gasteiger partial charge in [-0.2, -0.15) is 0 Å². The van der Waals surface area contributed by atoms with Crippen molar-refractivity contribution in [2.45, 2.75) is 0 Å². The molecule has 0 fully saturated rings. The van der Waals surface area contributed by atoms with Crippen molar-refractivity contribution >= 4 is 22.9 Å². The Morgan fingerprint density at radius 3 is 2.54 bits per heavy atom. The molecule has 0 aliphatic carbocycles. The number of rotatable bonds is 4. The van der Waals surface area contributed by atoms with E-state index in [9.17, 15) is 19.5 Å². The highest BCUT2D eigenvalue weighted by Gasteiger charge is 2.22. The number of nitrogens with one attached hydrogen (secondary N) is 1. The van der Waals surface area contributed by atoms with Gasteiger partial charge in [0, 0.05) is 18.8 Å². The van der Waals surface area contributed by atoms with Gasteiger partial charge in [-0.25, -0.2) is 0 Å². The molecule has 2 heterocycles. The Hall–Kier alpha value is -3.68.